The summed E-state index contributed by atoms with van der Waals surface area (Å²) in [6.45, 7) is 14.7. The van der Waals surface area contributed by atoms with E-state index in [0.717, 1.165) is 45.9 Å². The fourth-order valence-electron chi connectivity index (χ4n) is 2.87. The van der Waals surface area contributed by atoms with Crippen molar-refractivity contribution >= 4 is 0 Å². The second-order valence-corrected chi connectivity index (χ2v) is 6.65. The lowest BCUT2D eigenvalue weighted by atomic mass is 10.0. The van der Waals surface area contributed by atoms with Gasteiger partial charge in [-0.1, -0.05) is 30.3 Å². The molecule has 0 bridgehead atoms. The summed E-state index contributed by atoms with van der Waals surface area (Å²) >= 11 is 0. The molecule has 0 saturated carbocycles. The minimum atomic E-state index is -0.867. The Morgan fingerprint density at radius 1 is 1.35 bits per heavy atom. The fourth-order valence-corrected chi connectivity index (χ4v) is 2.87. The molecule has 1 aliphatic rings. The molecule has 1 unspecified atom stereocenters. The summed E-state index contributed by atoms with van der Waals surface area (Å²) in [6.07, 6.45) is 1.63. The summed E-state index contributed by atoms with van der Waals surface area (Å²) in [5, 5.41) is 10.4. The van der Waals surface area contributed by atoms with Crippen LogP contribution in [0.1, 0.15) is 18.1 Å². The first-order valence-electron chi connectivity index (χ1n) is 8.43. The van der Waals surface area contributed by atoms with Crippen molar-refractivity contribution in [1.29, 1.82) is 0 Å². The normalized spacial score (nSPS) is 18.8. The molecule has 128 valence electrons. The molecule has 23 heavy (non-hydrogen) atoms. The third-order valence-corrected chi connectivity index (χ3v) is 4.47. The Hall–Kier alpha value is -1.20. The Kier molecular flexibility index (Phi) is 6.78. The number of ether oxygens (including phenoxy) is 1. The van der Waals surface area contributed by atoms with Gasteiger partial charge in [-0.15, -0.1) is 6.58 Å². The molecule has 0 amide bonds. The van der Waals surface area contributed by atoms with Gasteiger partial charge in [0.05, 0.1) is 18.8 Å². The Balaban J connectivity index is 1.98. The van der Waals surface area contributed by atoms with Gasteiger partial charge in [-0.2, -0.15) is 0 Å². The van der Waals surface area contributed by atoms with E-state index >= 15 is 0 Å². The van der Waals surface area contributed by atoms with Gasteiger partial charge in [-0.25, -0.2) is 0 Å². The zero-order valence-electron chi connectivity index (χ0n) is 14.5. The number of morpholine rings is 1. The molecule has 0 aliphatic carbocycles. The van der Waals surface area contributed by atoms with Crippen molar-refractivity contribution in [3.05, 3.63) is 48.0 Å². The van der Waals surface area contributed by atoms with Crippen LogP contribution in [-0.2, 0) is 11.3 Å². The molecule has 1 fully saturated rings. The van der Waals surface area contributed by atoms with Crippen molar-refractivity contribution in [1.82, 2.24) is 9.80 Å². The van der Waals surface area contributed by atoms with E-state index in [0.29, 0.717) is 6.54 Å². The summed E-state index contributed by atoms with van der Waals surface area (Å²) in [4.78, 5) is 4.75. The molecule has 1 aromatic carbocycles. The van der Waals surface area contributed by atoms with Gasteiger partial charge in [0.1, 0.15) is 0 Å². The van der Waals surface area contributed by atoms with Gasteiger partial charge < -0.3 is 9.84 Å². The SMILES string of the molecule is C=CC(C)(O)CN(CCN1CCOCC1)Cc1ccccc1C. The number of rotatable bonds is 8. The van der Waals surface area contributed by atoms with Crippen molar-refractivity contribution in [3.63, 3.8) is 0 Å². The van der Waals surface area contributed by atoms with Crippen molar-refractivity contribution in [2.75, 3.05) is 45.9 Å². The first-order chi connectivity index (χ1) is 11.0. The quantitative estimate of drug-likeness (QED) is 0.745. The van der Waals surface area contributed by atoms with E-state index in [1.165, 1.54) is 11.1 Å². The van der Waals surface area contributed by atoms with Gasteiger partial charge in [0, 0.05) is 39.3 Å². The lowest BCUT2D eigenvalue weighted by Crippen LogP contribution is -2.45. The molecule has 0 radical (unpaired) electrons. The molecular formula is C19H30N2O2. The molecule has 4 nitrogen and oxygen atoms in total. The van der Waals surface area contributed by atoms with Gasteiger partial charge in [0.25, 0.3) is 0 Å². The average molecular weight is 318 g/mol. The third-order valence-electron chi connectivity index (χ3n) is 4.47. The van der Waals surface area contributed by atoms with Gasteiger partial charge >= 0.3 is 0 Å². The maximum Gasteiger partial charge on any atom is 0.0923 e. The molecule has 0 spiro atoms. The molecule has 1 saturated heterocycles. The van der Waals surface area contributed by atoms with Crippen LogP contribution in [0.2, 0.25) is 0 Å². The minimum absolute atomic E-state index is 0.592. The second-order valence-electron chi connectivity index (χ2n) is 6.65. The highest BCUT2D eigenvalue weighted by molar-refractivity contribution is 5.25. The molecule has 2 rings (SSSR count). The van der Waals surface area contributed by atoms with E-state index in [-0.39, 0.29) is 0 Å². The van der Waals surface area contributed by atoms with Crippen molar-refractivity contribution in [2.24, 2.45) is 0 Å². The molecular weight excluding hydrogens is 288 g/mol. The fraction of sp³-hybridized carbons (Fsp3) is 0.579. The first kappa shape index (κ1) is 18.1. The number of aryl methyl sites for hydroxylation is 1. The Bertz CT molecular complexity index is 496. The van der Waals surface area contributed by atoms with E-state index in [2.05, 4.69) is 47.6 Å². The molecule has 1 heterocycles. The summed E-state index contributed by atoms with van der Waals surface area (Å²) in [6, 6.07) is 8.45. The molecule has 0 aromatic heterocycles. The van der Waals surface area contributed by atoms with Crippen molar-refractivity contribution < 1.29 is 9.84 Å². The van der Waals surface area contributed by atoms with Crippen LogP contribution in [-0.4, -0.2) is 66.4 Å². The highest BCUT2D eigenvalue weighted by atomic mass is 16.5. The monoisotopic (exact) mass is 318 g/mol. The number of hydrogen-bond acceptors (Lipinski definition) is 4. The maximum atomic E-state index is 10.4. The number of hydrogen-bond donors (Lipinski definition) is 1. The predicted molar refractivity (Wildman–Crippen MR) is 94.5 cm³/mol. The van der Waals surface area contributed by atoms with Crippen LogP contribution in [0.4, 0.5) is 0 Å². The standard InChI is InChI=1S/C19H30N2O2/c1-4-19(3,22)16-21(10-9-20-11-13-23-14-12-20)15-18-8-6-5-7-17(18)2/h4-8,22H,1,9-16H2,2-3H3. The van der Waals surface area contributed by atoms with Gasteiger partial charge in [-0.3, -0.25) is 9.80 Å². The minimum Gasteiger partial charge on any atom is -0.385 e. The average Bonchev–Trinajstić information content (AvgIpc) is 2.55. The topological polar surface area (TPSA) is 35.9 Å². The maximum absolute atomic E-state index is 10.4. The van der Waals surface area contributed by atoms with Gasteiger partial charge in [-0.05, 0) is 25.0 Å². The van der Waals surface area contributed by atoms with Gasteiger partial charge in [0.2, 0.25) is 0 Å². The van der Waals surface area contributed by atoms with Crippen LogP contribution in [0, 0.1) is 6.92 Å². The molecule has 1 atom stereocenters. The summed E-state index contributed by atoms with van der Waals surface area (Å²) < 4.78 is 5.41. The lowest BCUT2D eigenvalue weighted by Gasteiger charge is -2.33. The lowest BCUT2D eigenvalue weighted by molar-refractivity contribution is 0.0227. The number of benzene rings is 1. The zero-order valence-corrected chi connectivity index (χ0v) is 14.5. The van der Waals surface area contributed by atoms with Crippen molar-refractivity contribution in [2.45, 2.75) is 26.0 Å². The second kappa shape index (κ2) is 8.60. The van der Waals surface area contributed by atoms with Crippen LogP contribution in [0.5, 0.6) is 0 Å². The van der Waals surface area contributed by atoms with E-state index in [1.54, 1.807) is 6.08 Å². The third kappa shape index (κ3) is 6.07. The van der Waals surface area contributed by atoms with E-state index in [9.17, 15) is 5.11 Å². The van der Waals surface area contributed by atoms with Crippen LogP contribution >= 0.6 is 0 Å². The predicted octanol–water partition coefficient (Wildman–Crippen LogP) is 2.07. The first-order valence-corrected chi connectivity index (χ1v) is 8.43. The van der Waals surface area contributed by atoms with E-state index < -0.39 is 5.60 Å². The molecule has 1 N–H and O–H groups in total. The summed E-state index contributed by atoms with van der Waals surface area (Å²) in [7, 11) is 0. The smallest absolute Gasteiger partial charge is 0.0923 e. The van der Waals surface area contributed by atoms with Crippen LogP contribution in [0.3, 0.4) is 0 Å². The Morgan fingerprint density at radius 2 is 2.04 bits per heavy atom. The molecule has 1 aliphatic heterocycles. The summed E-state index contributed by atoms with van der Waals surface area (Å²) in [5.41, 5.74) is 1.74. The Morgan fingerprint density at radius 3 is 2.70 bits per heavy atom. The number of aliphatic hydroxyl groups is 1. The Labute approximate surface area is 140 Å². The van der Waals surface area contributed by atoms with Crippen LogP contribution in [0.25, 0.3) is 0 Å². The van der Waals surface area contributed by atoms with E-state index in [4.69, 9.17) is 4.74 Å². The van der Waals surface area contributed by atoms with E-state index in [1.807, 2.05) is 6.92 Å². The zero-order chi connectivity index (χ0) is 16.7. The highest BCUT2D eigenvalue weighted by Crippen LogP contribution is 2.14. The van der Waals surface area contributed by atoms with Gasteiger partial charge in [0.15, 0.2) is 0 Å². The number of nitrogens with zero attached hydrogens (tertiary/aromatic N) is 2. The highest BCUT2D eigenvalue weighted by Gasteiger charge is 2.21. The largest absolute Gasteiger partial charge is 0.385 e. The molecule has 1 aromatic rings. The van der Waals surface area contributed by atoms with Crippen LogP contribution < -0.4 is 0 Å². The molecule has 4 heteroatoms. The summed E-state index contributed by atoms with van der Waals surface area (Å²) in [5.74, 6) is 0. The van der Waals surface area contributed by atoms with Crippen molar-refractivity contribution in [3.8, 4) is 0 Å². The van der Waals surface area contributed by atoms with Crippen LogP contribution in [0.15, 0.2) is 36.9 Å².